The lowest BCUT2D eigenvalue weighted by molar-refractivity contribution is -0.306. The van der Waals surface area contributed by atoms with Gasteiger partial charge < -0.3 is 5.11 Å². The number of unbranched alkanes of at least 4 members (excludes halogenated alkanes) is 4. The molecule has 4 nitrogen and oxygen atoms in total. The molecule has 0 aromatic rings. The molecule has 0 aromatic carbocycles. The van der Waals surface area contributed by atoms with E-state index >= 15 is 0 Å². The summed E-state index contributed by atoms with van der Waals surface area (Å²) >= 11 is 0. The van der Waals surface area contributed by atoms with Gasteiger partial charge in [0.15, 0.2) is 0 Å². The molecule has 0 saturated heterocycles. The van der Waals surface area contributed by atoms with Gasteiger partial charge in [-0.05, 0) is 27.2 Å². The van der Waals surface area contributed by atoms with E-state index in [0.717, 1.165) is 12.8 Å². The number of carboxylic acids is 1. The molecule has 0 aliphatic carbocycles. The molecule has 16 heavy (non-hydrogen) atoms. The second kappa shape index (κ2) is 10.9. The quantitative estimate of drug-likeness (QED) is 0.417. The van der Waals surface area contributed by atoms with Gasteiger partial charge in [-0.15, -0.1) is 0 Å². The number of carbonyl (C=O) groups is 1. The Hall–Kier alpha value is -0.610. The highest BCUT2D eigenvalue weighted by atomic mass is 17.1. The summed E-state index contributed by atoms with van der Waals surface area (Å²) in [5.41, 5.74) is -0.403. The van der Waals surface area contributed by atoms with Gasteiger partial charge in [-0.2, -0.15) is 0 Å². The van der Waals surface area contributed by atoms with Crippen molar-refractivity contribution in [3.8, 4) is 0 Å². The molecule has 0 aliphatic rings. The molecular formula is C12H26O4. The molecule has 98 valence electrons. The van der Waals surface area contributed by atoms with Gasteiger partial charge in [-0.25, -0.2) is 4.89 Å². The molecule has 0 atom stereocenters. The fourth-order valence-corrected chi connectivity index (χ4v) is 0.880. The number of carboxylic acid groups (broad SMARTS) is 1. The molecule has 0 heterocycles. The largest absolute Gasteiger partial charge is 0.481 e. The number of rotatable bonds is 6. The summed E-state index contributed by atoms with van der Waals surface area (Å²) in [7, 11) is 0. The zero-order chi connectivity index (χ0) is 13.0. The summed E-state index contributed by atoms with van der Waals surface area (Å²) in [6.45, 7) is 7.46. The zero-order valence-corrected chi connectivity index (χ0v) is 11.0. The molecule has 0 saturated carbocycles. The van der Waals surface area contributed by atoms with Gasteiger partial charge in [-0.3, -0.25) is 10.1 Å². The Labute approximate surface area is 98.6 Å². The molecule has 0 bridgehead atoms. The van der Waals surface area contributed by atoms with E-state index in [9.17, 15) is 4.79 Å². The normalized spacial score (nSPS) is 10.6. The summed E-state index contributed by atoms with van der Waals surface area (Å²) in [5, 5.41) is 16.2. The van der Waals surface area contributed by atoms with Gasteiger partial charge in [0, 0.05) is 6.42 Å². The molecule has 0 radical (unpaired) electrons. The Kier molecular flexibility index (Phi) is 12.1. The van der Waals surface area contributed by atoms with E-state index in [4.69, 9.17) is 10.4 Å². The predicted octanol–water partition coefficient (Wildman–Crippen LogP) is 3.71. The first-order valence-corrected chi connectivity index (χ1v) is 5.88. The highest BCUT2D eigenvalue weighted by Crippen LogP contribution is 2.04. The topological polar surface area (TPSA) is 66.8 Å². The van der Waals surface area contributed by atoms with Crippen molar-refractivity contribution in [3.63, 3.8) is 0 Å². The van der Waals surface area contributed by atoms with Crippen LogP contribution in [0.5, 0.6) is 0 Å². The minimum Gasteiger partial charge on any atom is -0.481 e. The van der Waals surface area contributed by atoms with E-state index in [0.29, 0.717) is 6.42 Å². The second-order valence-electron chi connectivity index (χ2n) is 4.76. The minimum atomic E-state index is -0.670. The molecule has 0 aromatic heterocycles. The highest BCUT2D eigenvalue weighted by Gasteiger charge is 2.07. The van der Waals surface area contributed by atoms with Gasteiger partial charge in [0.05, 0.1) is 5.60 Å². The van der Waals surface area contributed by atoms with E-state index < -0.39 is 11.6 Å². The van der Waals surface area contributed by atoms with Crippen LogP contribution in [0, 0.1) is 0 Å². The lowest BCUT2D eigenvalue weighted by atomic mass is 10.1. The summed E-state index contributed by atoms with van der Waals surface area (Å²) in [6.07, 6.45) is 5.88. The third kappa shape index (κ3) is 23.3. The first-order valence-electron chi connectivity index (χ1n) is 5.88. The SMILES string of the molecule is CC(C)(C)OO.CCCCCCCC(=O)O. The molecular weight excluding hydrogens is 208 g/mol. The standard InChI is InChI=1S/C8H16O2.C4H10O2/c1-2-3-4-5-6-7-8(9)10;1-4(2,3)6-5/h2-7H2,1H3,(H,9,10);5H,1-3H3. The van der Waals surface area contributed by atoms with Gasteiger partial charge in [0.2, 0.25) is 0 Å². The van der Waals surface area contributed by atoms with Crippen molar-refractivity contribution < 1.29 is 20.0 Å². The molecule has 2 N–H and O–H groups in total. The second-order valence-corrected chi connectivity index (χ2v) is 4.76. The van der Waals surface area contributed by atoms with Crippen LogP contribution in [0.4, 0.5) is 0 Å². The Morgan fingerprint density at radius 2 is 1.56 bits per heavy atom. The molecule has 0 aliphatic heterocycles. The van der Waals surface area contributed by atoms with Crippen LogP contribution in [0.25, 0.3) is 0 Å². The van der Waals surface area contributed by atoms with Gasteiger partial charge in [0.1, 0.15) is 0 Å². The maximum Gasteiger partial charge on any atom is 0.303 e. The first-order chi connectivity index (χ1) is 7.33. The Morgan fingerprint density at radius 3 is 1.88 bits per heavy atom. The summed E-state index contributed by atoms with van der Waals surface area (Å²) in [5.74, 6) is -0.670. The van der Waals surface area contributed by atoms with Crippen molar-refractivity contribution in [1.82, 2.24) is 0 Å². The van der Waals surface area contributed by atoms with Crippen molar-refractivity contribution in [1.29, 1.82) is 0 Å². The van der Waals surface area contributed by atoms with Crippen LogP contribution in [0.2, 0.25) is 0 Å². The molecule has 0 rings (SSSR count). The smallest absolute Gasteiger partial charge is 0.303 e. The lowest BCUT2D eigenvalue weighted by Gasteiger charge is -2.10. The van der Waals surface area contributed by atoms with Crippen LogP contribution in [-0.4, -0.2) is 21.9 Å². The van der Waals surface area contributed by atoms with Crippen LogP contribution >= 0.6 is 0 Å². The van der Waals surface area contributed by atoms with E-state index in [2.05, 4.69) is 11.8 Å². The maximum absolute atomic E-state index is 10.0. The number of hydrogen-bond donors (Lipinski definition) is 2. The third-order valence-electron chi connectivity index (χ3n) is 1.77. The van der Waals surface area contributed by atoms with Crippen LogP contribution < -0.4 is 0 Å². The Morgan fingerprint density at radius 1 is 1.12 bits per heavy atom. The predicted molar refractivity (Wildman–Crippen MR) is 64.5 cm³/mol. The van der Waals surface area contributed by atoms with E-state index in [1.807, 2.05) is 0 Å². The van der Waals surface area contributed by atoms with Crippen LogP contribution in [0.3, 0.4) is 0 Å². The molecule has 0 unspecified atom stereocenters. The van der Waals surface area contributed by atoms with Gasteiger partial charge in [-0.1, -0.05) is 32.6 Å². The van der Waals surface area contributed by atoms with Crippen LogP contribution in [-0.2, 0) is 9.68 Å². The molecule has 4 heteroatoms. The zero-order valence-electron chi connectivity index (χ0n) is 11.0. The van der Waals surface area contributed by atoms with Crippen molar-refractivity contribution in [2.24, 2.45) is 0 Å². The fourth-order valence-electron chi connectivity index (χ4n) is 0.880. The van der Waals surface area contributed by atoms with E-state index in [1.165, 1.54) is 19.3 Å². The minimum absolute atomic E-state index is 0.337. The number of hydrogen-bond acceptors (Lipinski definition) is 3. The van der Waals surface area contributed by atoms with Gasteiger partial charge in [0.25, 0.3) is 0 Å². The van der Waals surface area contributed by atoms with Crippen molar-refractivity contribution in [2.45, 2.75) is 71.8 Å². The first kappa shape index (κ1) is 17.8. The van der Waals surface area contributed by atoms with Crippen LogP contribution in [0.1, 0.15) is 66.2 Å². The number of aliphatic carboxylic acids is 1. The average Bonchev–Trinajstić information content (AvgIpc) is 2.17. The average molecular weight is 234 g/mol. The summed E-state index contributed by atoms with van der Waals surface area (Å²) in [6, 6.07) is 0. The highest BCUT2D eigenvalue weighted by molar-refractivity contribution is 5.66. The van der Waals surface area contributed by atoms with Crippen molar-refractivity contribution >= 4 is 5.97 Å². The lowest BCUT2D eigenvalue weighted by Crippen LogP contribution is -2.15. The molecule has 0 amide bonds. The van der Waals surface area contributed by atoms with Gasteiger partial charge >= 0.3 is 5.97 Å². The molecule has 0 spiro atoms. The van der Waals surface area contributed by atoms with Crippen molar-refractivity contribution in [3.05, 3.63) is 0 Å². The summed E-state index contributed by atoms with van der Waals surface area (Å²) < 4.78 is 0. The Balaban J connectivity index is 0. The Bertz CT molecular complexity index is 161. The maximum atomic E-state index is 10.0. The van der Waals surface area contributed by atoms with Crippen molar-refractivity contribution in [2.75, 3.05) is 0 Å². The molecule has 0 fully saturated rings. The monoisotopic (exact) mass is 234 g/mol. The van der Waals surface area contributed by atoms with E-state index in [-0.39, 0.29) is 0 Å². The van der Waals surface area contributed by atoms with E-state index in [1.54, 1.807) is 20.8 Å². The van der Waals surface area contributed by atoms with Crippen LogP contribution in [0.15, 0.2) is 0 Å². The fraction of sp³-hybridized carbons (Fsp3) is 0.917. The third-order valence-corrected chi connectivity index (χ3v) is 1.77. The summed E-state index contributed by atoms with van der Waals surface area (Å²) in [4.78, 5) is 14.0.